The zero-order chi connectivity index (χ0) is 10.3. The van der Waals surface area contributed by atoms with Crippen LogP contribution in [0.25, 0.3) is 0 Å². The summed E-state index contributed by atoms with van der Waals surface area (Å²) in [6.45, 7) is 4.93. The summed E-state index contributed by atoms with van der Waals surface area (Å²) < 4.78 is 0. The molecule has 1 fully saturated rings. The molecule has 80 valence electrons. The van der Waals surface area contributed by atoms with Crippen LogP contribution >= 0.6 is 0 Å². The van der Waals surface area contributed by atoms with Crippen LogP contribution in [0.1, 0.15) is 24.6 Å². The minimum atomic E-state index is 0.748. The first kappa shape index (κ1) is 9.34. The predicted molar refractivity (Wildman–Crippen MR) is 60.8 cm³/mol. The van der Waals surface area contributed by atoms with Gasteiger partial charge in [0.1, 0.15) is 0 Å². The van der Waals surface area contributed by atoms with E-state index < -0.39 is 0 Å². The third-order valence-corrected chi connectivity index (χ3v) is 3.95. The first-order valence-corrected chi connectivity index (χ1v) is 6.03. The Balaban J connectivity index is 1.65. The van der Waals surface area contributed by atoms with Gasteiger partial charge in [0, 0.05) is 37.4 Å². The Morgan fingerprint density at radius 2 is 2.27 bits per heavy atom. The van der Waals surface area contributed by atoms with Crippen LogP contribution in [0.15, 0.2) is 18.3 Å². The second-order valence-corrected chi connectivity index (χ2v) is 4.90. The quantitative estimate of drug-likeness (QED) is 0.728. The van der Waals surface area contributed by atoms with Crippen LogP contribution in [0.3, 0.4) is 0 Å². The van der Waals surface area contributed by atoms with E-state index in [2.05, 4.69) is 28.9 Å². The third-order valence-electron chi connectivity index (χ3n) is 3.95. The van der Waals surface area contributed by atoms with E-state index in [1.165, 1.54) is 43.6 Å². The molecule has 1 aliphatic heterocycles. The van der Waals surface area contributed by atoms with Gasteiger partial charge in [-0.15, -0.1) is 0 Å². The van der Waals surface area contributed by atoms with Crippen LogP contribution in [0, 0.1) is 5.92 Å². The zero-order valence-electron chi connectivity index (χ0n) is 9.32. The first-order valence-electron chi connectivity index (χ1n) is 6.03. The highest BCUT2D eigenvalue weighted by Gasteiger charge is 2.34. The summed E-state index contributed by atoms with van der Waals surface area (Å²) in [5, 5.41) is 0. The number of pyridine rings is 1. The molecule has 1 atom stereocenters. The van der Waals surface area contributed by atoms with Gasteiger partial charge in [0.15, 0.2) is 0 Å². The summed E-state index contributed by atoms with van der Waals surface area (Å²) in [5.41, 5.74) is 2.81. The Morgan fingerprint density at radius 1 is 1.40 bits per heavy atom. The molecule has 0 spiro atoms. The van der Waals surface area contributed by atoms with Crippen molar-refractivity contribution in [2.24, 2.45) is 5.92 Å². The fourth-order valence-electron chi connectivity index (χ4n) is 2.81. The maximum Gasteiger partial charge on any atom is 0.0451 e. The molecule has 1 aromatic heterocycles. The normalized spacial score (nSPS) is 26.3. The molecule has 2 nitrogen and oxygen atoms in total. The second kappa shape index (κ2) is 3.60. The van der Waals surface area contributed by atoms with Gasteiger partial charge in [0.05, 0.1) is 0 Å². The highest BCUT2D eigenvalue weighted by atomic mass is 15.2. The molecular weight excluding hydrogens is 184 g/mol. The lowest BCUT2D eigenvalue weighted by molar-refractivity contribution is 0.0545. The molecule has 0 aromatic carbocycles. The average molecular weight is 202 g/mol. The lowest BCUT2D eigenvalue weighted by Crippen LogP contribution is -2.52. The highest BCUT2D eigenvalue weighted by Crippen LogP contribution is 2.29. The van der Waals surface area contributed by atoms with Crippen LogP contribution in [0.4, 0.5) is 0 Å². The van der Waals surface area contributed by atoms with Crippen molar-refractivity contribution < 1.29 is 0 Å². The van der Waals surface area contributed by atoms with Crippen molar-refractivity contribution >= 4 is 0 Å². The molecule has 0 radical (unpaired) electrons. The van der Waals surface area contributed by atoms with Crippen LogP contribution < -0.4 is 0 Å². The van der Waals surface area contributed by atoms with E-state index >= 15 is 0 Å². The van der Waals surface area contributed by atoms with E-state index in [1.54, 1.807) is 0 Å². The first-order chi connectivity index (χ1) is 7.36. The molecule has 1 aromatic rings. The van der Waals surface area contributed by atoms with Crippen LogP contribution in [0.2, 0.25) is 0 Å². The minimum absolute atomic E-state index is 0.748. The Labute approximate surface area is 91.3 Å². The van der Waals surface area contributed by atoms with Crippen LogP contribution in [0.5, 0.6) is 0 Å². The van der Waals surface area contributed by atoms with Gasteiger partial charge >= 0.3 is 0 Å². The Morgan fingerprint density at radius 3 is 3.00 bits per heavy atom. The summed E-state index contributed by atoms with van der Waals surface area (Å²) >= 11 is 0. The van der Waals surface area contributed by atoms with E-state index in [4.69, 9.17) is 0 Å². The summed E-state index contributed by atoms with van der Waals surface area (Å²) in [6.07, 6.45) is 5.66. The molecule has 0 saturated carbocycles. The molecule has 1 unspecified atom stereocenters. The Kier molecular flexibility index (Phi) is 2.24. The van der Waals surface area contributed by atoms with Crippen molar-refractivity contribution in [3.63, 3.8) is 0 Å². The van der Waals surface area contributed by atoms with Crippen LogP contribution in [-0.4, -0.2) is 29.0 Å². The van der Waals surface area contributed by atoms with Gasteiger partial charge < -0.3 is 0 Å². The standard InChI is InChI=1S/C13H18N2/c1-2-10-8-15(9-10)12-6-11-4-3-5-14-13(11)7-12/h3-5,10,12H,2,6-9H2,1H3. The molecule has 1 aliphatic carbocycles. The third kappa shape index (κ3) is 1.57. The van der Waals surface area contributed by atoms with Gasteiger partial charge in [-0.1, -0.05) is 19.4 Å². The lowest BCUT2D eigenvalue weighted by Gasteiger charge is -2.43. The van der Waals surface area contributed by atoms with E-state index in [0.29, 0.717) is 0 Å². The molecule has 15 heavy (non-hydrogen) atoms. The fraction of sp³-hybridized carbons (Fsp3) is 0.615. The molecule has 2 heterocycles. The van der Waals surface area contributed by atoms with Gasteiger partial charge in [-0.3, -0.25) is 9.88 Å². The molecule has 2 aliphatic rings. The average Bonchev–Trinajstić information content (AvgIpc) is 2.59. The predicted octanol–water partition coefficient (Wildman–Crippen LogP) is 1.89. The van der Waals surface area contributed by atoms with Crippen molar-refractivity contribution in [2.75, 3.05) is 13.1 Å². The number of hydrogen-bond acceptors (Lipinski definition) is 2. The fourth-order valence-corrected chi connectivity index (χ4v) is 2.81. The SMILES string of the molecule is CCC1CN(C2Cc3cccnc3C2)C1. The van der Waals surface area contributed by atoms with Crippen molar-refractivity contribution in [1.29, 1.82) is 0 Å². The van der Waals surface area contributed by atoms with Crippen molar-refractivity contribution in [3.05, 3.63) is 29.6 Å². The molecular formula is C13H18N2. The monoisotopic (exact) mass is 202 g/mol. The van der Waals surface area contributed by atoms with Gasteiger partial charge in [-0.05, 0) is 24.0 Å². The van der Waals surface area contributed by atoms with E-state index in [9.17, 15) is 0 Å². The largest absolute Gasteiger partial charge is 0.299 e. The molecule has 0 N–H and O–H groups in total. The van der Waals surface area contributed by atoms with Gasteiger partial charge in [0.25, 0.3) is 0 Å². The lowest BCUT2D eigenvalue weighted by atomic mass is 9.94. The molecule has 1 saturated heterocycles. The second-order valence-electron chi connectivity index (χ2n) is 4.90. The summed E-state index contributed by atoms with van der Waals surface area (Å²) in [7, 11) is 0. The van der Waals surface area contributed by atoms with Crippen molar-refractivity contribution in [2.45, 2.75) is 32.2 Å². The van der Waals surface area contributed by atoms with Crippen LogP contribution in [-0.2, 0) is 12.8 Å². The molecule has 0 bridgehead atoms. The summed E-state index contributed by atoms with van der Waals surface area (Å²) in [6, 6.07) is 5.05. The number of rotatable bonds is 2. The Bertz CT molecular complexity index is 330. The number of fused-ring (bicyclic) bond motifs is 1. The van der Waals surface area contributed by atoms with E-state index in [1.807, 2.05) is 6.20 Å². The number of aromatic nitrogens is 1. The van der Waals surface area contributed by atoms with Gasteiger partial charge in [-0.25, -0.2) is 0 Å². The summed E-state index contributed by atoms with van der Waals surface area (Å²) in [4.78, 5) is 7.10. The maximum absolute atomic E-state index is 4.46. The highest BCUT2D eigenvalue weighted by molar-refractivity contribution is 5.27. The maximum atomic E-state index is 4.46. The number of likely N-dealkylation sites (tertiary alicyclic amines) is 1. The van der Waals surface area contributed by atoms with Crippen molar-refractivity contribution in [3.8, 4) is 0 Å². The van der Waals surface area contributed by atoms with Gasteiger partial charge in [0.2, 0.25) is 0 Å². The molecule has 0 amide bonds. The van der Waals surface area contributed by atoms with E-state index in [-0.39, 0.29) is 0 Å². The van der Waals surface area contributed by atoms with Crippen molar-refractivity contribution in [1.82, 2.24) is 9.88 Å². The minimum Gasteiger partial charge on any atom is -0.299 e. The zero-order valence-corrected chi connectivity index (χ0v) is 9.32. The molecule has 3 rings (SSSR count). The Hall–Kier alpha value is -0.890. The number of hydrogen-bond donors (Lipinski definition) is 0. The number of nitrogens with zero attached hydrogens (tertiary/aromatic N) is 2. The summed E-state index contributed by atoms with van der Waals surface area (Å²) in [5.74, 6) is 0.960. The topological polar surface area (TPSA) is 16.1 Å². The molecule has 2 heteroatoms. The smallest absolute Gasteiger partial charge is 0.0451 e. The van der Waals surface area contributed by atoms with E-state index in [0.717, 1.165) is 12.0 Å². The van der Waals surface area contributed by atoms with Gasteiger partial charge in [-0.2, -0.15) is 0 Å².